The molecule has 1 amide bonds. The Bertz CT molecular complexity index is 1050. The average molecular weight is 384 g/mol. The number of carbonyl (C=O) groups is 3. The molecule has 3 aromatic rings. The van der Waals surface area contributed by atoms with E-state index < -0.39 is 17.6 Å². The molecule has 1 atom stereocenters. The number of hydrogen-bond donors (Lipinski definition) is 1. The van der Waals surface area contributed by atoms with Gasteiger partial charge in [-0.2, -0.15) is 0 Å². The largest absolute Gasteiger partial charge is 0.385 e. The van der Waals surface area contributed by atoms with Gasteiger partial charge in [0.25, 0.3) is 0 Å². The van der Waals surface area contributed by atoms with Crippen LogP contribution < -0.4 is 10.2 Å². The summed E-state index contributed by atoms with van der Waals surface area (Å²) in [6.45, 7) is 0.354. The van der Waals surface area contributed by atoms with Crippen molar-refractivity contribution in [1.82, 2.24) is 0 Å². The normalized spacial score (nSPS) is 15.7. The molecule has 0 saturated heterocycles. The summed E-state index contributed by atoms with van der Waals surface area (Å²) in [5.74, 6) is -2.62. The summed E-state index contributed by atoms with van der Waals surface area (Å²) in [6.07, 6.45) is 0.0852. The Balaban J connectivity index is 1.59. The van der Waals surface area contributed by atoms with E-state index in [4.69, 9.17) is 0 Å². The maximum absolute atomic E-state index is 13.2. The minimum absolute atomic E-state index is 0.0852. The number of nitrogens with one attached hydrogen (secondary N) is 1. The molecule has 29 heavy (non-hydrogen) atoms. The van der Waals surface area contributed by atoms with Gasteiger partial charge in [0, 0.05) is 29.9 Å². The average Bonchev–Trinajstić information content (AvgIpc) is 2.75. The molecule has 4 rings (SSSR count). The number of nitrogens with zero attached hydrogens (tertiary/aromatic N) is 1. The lowest BCUT2D eigenvalue weighted by Gasteiger charge is -2.32. The fourth-order valence-corrected chi connectivity index (χ4v) is 3.55. The number of Topliss-reactive ketones (excluding diaryl/α,β-unsaturated/α-hetero) is 2. The van der Waals surface area contributed by atoms with E-state index in [-0.39, 0.29) is 12.2 Å². The highest BCUT2D eigenvalue weighted by Crippen LogP contribution is 2.36. The van der Waals surface area contributed by atoms with E-state index in [0.717, 1.165) is 5.69 Å². The fourth-order valence-electron chi connectivity index (χ4n) is 3.55. The van der Waals surface area contributed by atoms with Gasteiger partial charge in [-0.05, 0) is 36.4 Å². The summed E-state index contributed by atoms with van der Waals surface area (Å²) in [4.78, 5) is 40.6. The first-order valence-corrected chi connectivity index (χ1v) is 9.51. The summed E-state index contributed by atoms with van der Waals surface area (Å²) in [5, 5.41) is 3.15. The Morgan fingerprint density at radius 1 is 0.828 bits per heavy atom. The number of anilines is 3. The third kappa shape index (κ3) is 3.67. The lowest BCUT2D eigenvalue weighted by Crippen LogP contribution is -2.46. The molecule has 1 N–H and O–H groups in total. The van der Waals surface area contributed by atoms with Gasteiger partial charge in [0.05, 0.1) is 5.69 Å². The number of ketones is 2. The van der Waals surface area contributed by atoms with Crippen LogP contribution in [0.2, 0.25) is 0 Å². The van der Waals surface area contributed by atoms with Crippen molar-refractivity contribution in [2.45, 2.75) is 6.42 Å². The second kappa shape index (κ2) is 8.10. The van der Waals surface area contributed by atoms with Crippen LogP contribution in [0.1, 0.15) is 16.8 Å². The number of hydrogen-bond acceptors (Lipinski definition) is 4. The molecule has 5 heteroatoms. The van der Waals surface area contributed by atoms with Crippen LogP contribution in [0.5, 0.6) is 0 Å². The van der Waals surface area contributed by atoms with Crippen LogP contribution in [0.4, 0.5) is 17.1 Å². The van der Waals surface area contributed by atoms with Gasteiger partial charge in [-0.1, -0.05) is 48.5 Å². The number of para-hydroxylation sites is 3. The summed E-state index contributed by atoms with van der Waals surface area (Å²) in [5.41, 5.74) is 2.43. The van der Waals surface area contributed by atoms with Crippen LogP contribution in [-0.4, -0.2) is 24.0 Å². The van der Waals surface area contributed by atoms with Gasteiger partial charge in [0.15, 0.2) is 17.5 Å². The zero-order chi connectivity index (χ0) is 20.2. The molecule has 1 aliphatic heterocycles. The second-order valence-corrected chi connectivity index (χ2v) is 6.83. The van der Waals surface area contributed by atoms with Crippen molar-refractivity contribution in [2.24, 2.45) is 5.92 Å². The van der Waals surface area contributed by atoms with Crippen LogP contribution in [0.3, 0.4) is 0 Å². The number of fused-ring (bicyclic) bond motifs is 1. The summed E-state index contributed by atoms with van der Waals surface area (Å²) in [6, 6.07) is 25.5. The molecule has 0 spiro atoms. The van der Waals surface area contributed by atoms with E-state index in [0.29, 0.717) is 23.5 Å². The van der Waals surface area contributed by atoms with Gasteiger partial charge in [0.2, 0.25) is 5.91 Å². The molecular formula is C24H20N2O3. The van der Waals surface area contributed by atoms with Gasteiger partial charge in [-0.3, -0.25) is 19.3 Å². The van der Waals surface area contributed by atoms with Crippen LogP contribution >= 0.6 is 0 Å². The Labute approximate surface area is 169 Å². The predicted octanol–water partition coefficient (Wildman–Crippen LogP) is 4.24. The zero-order valence-corrected chi connectivity index (χ0v) is 15.7. The highest BCUT2D eigenvalue weighted by Gasteiger charge is 2.43. The molecule has 0 fully saturated rings. The van der Waals surface area contributed by atoms with E-state index in [9.17, 15) is 14.4 Å². The zero-order valence-electron chi connectivity index (χ0n) is 15.7. The Morgan fingerprint density at radius 3 is 2.17 bits per heavy atom. The first kappa shape index (κ1) is 18.6. The molecular weight excluding hydrogens is 364 g/mol. The quantitative estimate of drug-likeness (QED) is 0.646. The first-order valence-electron chi connectivity index (χ1n) is 9.51. The number of rotatable bonds is 6. The lowest BCUT2D eigenvalue weighted by molar-refractivity contribution is -0.130. The number of carbonyl (C=O) groups excluding carboxylic acids is 3. The second-order valence-electron chi connectivity index (χ2n) is 6.83. The third-order valence-corrected chi connectivity index (χ3v) is 4.95. The molecule has 0 radical (unpaired) electrons. The van der Waals surface area contributed by atoms with Crippen molar-refractivity contribution in [1.29, 1.82) is 0 Å². The highest BCUT2D eigenvalue weighted by molar-refractivity contribution is 6.33. The van der Waals surface area contributed by atoms with Crippen molar-refractivity contribution >= 4 is 34.5 Å². The van der Waals surface area contributed by atoms with Crippen LogP contribution in [0.15, 0.2) is 84.9 Å². The molecule has 5 nitrogen and oxygen atoms in total. The molecule has 1 heterocycles. The van der Waals surface area contributed by atoms with Crippen molar-refractivity contribution in [2.75, 3.05) is 16.8 Å². The first-order chi connectivity index (χ1) is 14.2. The molecule has 1 aliphatic rings. The number of amides is 1. The SMILES string of the molecule is O=C(CCNc1ccccc1)C1C(=O)c2ccccc2N(c2ccccc2)C1=O. The standard InChI is InChI=1S/C24H20N2O3/c27-21(15-16-25-17-9-3-1-4-10-17)22-23(28)19-13-7-8-14-20(19)26(24(22)29)18-11-5-2-6-12-18/h1-14,22,25H,15-16H2. The topological polar surface area (TPSA) is 66.5 Å². The van der Waals surface area contributed by atoms with Crippen LogP contribution in [0.25, 0.3) is 0 Å². The van der Waals surface area contributed by atoms with Crippen molar-refractivity contribution in [3.05, 3.63) is 90.5 Å². The molecule has 3 aromatic carbocycles. The van der Waals surface area contributed by atoms with E-state index in [1.54, 1.807) is 36.4 Å². The fraction of sp³-hybridized carbons (Fsp3) is 0.125. The minimum Gasteiger partial charge on any atom is -0.385 e. The lowest BCUT2D eigenvalue weighted by atomic mass is 9.85. The van der Waals surface area contributed by atoms with Gasteiger partial charge < -0.3 is 5.32 Å². The van der Waals surface area contributed by atoms with E-state index in [1.807, 2.05) is 48.5 Å². The minimum atomic E-state index is -1.32. The van der Waals surface area contributed by atoms with E-state index in [2.05, 4.69) is 5.32 Å². The van der Waals surface area contributed by atoms with Crippen LogP contribution in [-0.2, 0) is 9.59 Å². The van der Waals surface area contributed by atoms with E-state index in [1.165, 1.54) is 4.90 Å². The highest BCUT2D eigenvalue weighted by atomic mass is 16.2. The number of benzene rings is 3. The molecule has 144 valence electrons. The maximum Gasteiger partial charge on any atom is 0.250 e. The van der Waals surface area contributed by atoms with Crippen molar-refractivity contribution in [3.8, 4) is 0 Å². The monoisotopic (exact) mass is 384 g/mol. The summed E-state index contributed by atoms with van der Waals surface area (Å²) >= 11 is 0. The van der Waals surface area contributed by atoms with Gasteiger partial charge in [-0.15, -0.1) is 0 Å². The van der Waals surface area contributed by atoms with Crippen molar-refractivity contribution < 1.29 is 14.4 Å². The van der Waals surface area contributed by atoms with Gasteiger partial charge in [0.1, 0.15) is 0 Å². The Kier molecular flexibility index (Phi) is 5.20. The van der Waals surface area contributed by atoms with Crippen molar-refractivity contribution in [3.63, 3.8) is 0 Å². The maximum atomic E-state index is 13.2. The summed E-state index contributed by atoms with van der Waals surface area (Å²) in [7, 11) is 0. The molecule has 0 aromatic heterocycles. The Hall–Kier alpha value is -3.73. The molecule has 0 bridgehead atoms. The molecule has 0 saturated carbocycles. The Morgan fingerprint density at radius 2 is 1.45 bits per heavy atom. The van der Waals surface area contributed by atoms with Gasteiger partial charge in [-0.25, -0.2) is 0 Å². The predicted molar refractivity (Wildman–Crippen MR) is 112 cm³/mol. The molecule has 0 aliphatic carbocycles. The van der Waals surface area contributed by atoms with Crippen LogP contribution in [0, 0.1) is 5.92 Å². The smallest absolute Gasteiger partial charge is 0.250 e. The van der Waals surface area contributed by atoms with Gasteiger partial charge >= 0.3 is 0 Å². The third-order valence-electron chi connectivity index (χ3n) is 4.95. The van der Waals surface area contributed by atoms with E-state index >= 15 is 0 Å². The molecule has 1 unspecified atom stereocenters. The summed E-state index contributed by atoms with van der Waals surface area (Å²) < 4.78 is 0.